The van der Waals surface area contributed by atoms with Crippen LogP contribution in [0.3, 0.4) is 0 Å². The molecule has 1 aliphatic heterocycles. The lowest BCUT2D eigenvalue weighted by molar-refractivity contribution is 0.0734. The van der Waals surface area contributed by atoms with Crippen LogP contribution in [0.25, 0.3) is 0 Å². The van der Waals surface area contributed by atoms with Crippen molar-refractivity contribution in [1.82, 2.24) is 0 Å². The van der Waals surface area contributed by atoms with Gasteiger partial charge in [0.25, 0.3) is 0 Å². The molecule has 0 amide bonds. The Morgan fingerprint density at radius 2 is 1.73 bits per heavy atom. The summed E-state index contributed by atoms with van der Waals surface area (Å²) in [7, 11) is 1.59. The summed E-state index contributed by atoms with van der Waals surface area (Å²) in [5.41, 5.74) is 8.42. The number of nitrogens with zero attached hydrogens (tertiary/aromatic N) is 1. The largest absolute Gasteiger partial charge is 0.497 e. The molecular weight excluding hydrogens is 380 g/mol. The molecule has 4 rings (SSSR count). The van der Waals surface area contributed by atoms with Gasteiger partial charge in [0.15, 0.2) is 0 Å². The average molecular weight is 398 g/mol. The van der Waals surface area contributed by atoms with E-state index in [0.717, 1.165) is 11.1 Å². The van der Waals surface area contributed by atoms with Crippen molar-refractivity contribution in [2.45, 2.75) is 5.92 Å². The van der Waals surface area contributed by atoms with Gasteiger partial charge in [-0.15, -0.1) is 0 Å². The van der Waals surface area contributed by atoms with Crippen LogP contribution in [0.15, 0.2) is 84.3 Å². The molecule has 6 heteroatoms. The predicted molar refractivity (Wildman–Crippen MR) is 110 cm³/mol. The van der Waals surface area contributed by atoms with E-state index in [1.165, 1.54) is 0 Å². The van der Waals surface area contributed by atoms with Crippen LogP contribution in [0.4, 0.5) is 0 Å². The Hall–Kier alpha value is -4.24. The second-order valence-corrected chi connectivity index (χ2v) is 6.65. The second kappa shape index (κ2) is 8.02. The average Bonchev–Trinajstić information content (AvgIpc) is 2.78. The maximum absolute atomic E-state index is 12.3. The van der Waals surface area contributed by atoms with Gasteiger partial charge in [0, 0.05) is 11.6 Å². The highest BCUT2D eigenvalue weighted by Gasteiger charge is 2.31. The summed E-state index contributed by atoms with van der Waals surface area (Å²) in [4.78, 5) is 12.3. The number of carbonyl (C=O) groups excluding carboxylic acids is 1. The number of rotatable bonds is 4. The molecule has 1 aliphatic rings. The number of nitriles is 1. The molecule has 0 aromatic heterocycles. The van der Waals surface area contributed by atoms with E-state index in [1.807, 2.05) is 30.3 Å². The first-order chi connectivity index (χ1) is 14.6. The highest BCUT2D eigenvalue weighted by Crippen LogP contribution is 2.43. The molecule has 148 valence electrons. The van der Waals surface area contributed by atoms with E-state index in [2.05, 4.69) is 6.07 Å². The van der Waals surface area contributed by atoms with Gasteiger partial charge in [-0.25, -0.2) is 4.79 Å². The Balaban J connectivity index is 1.69. The molecule has 30 heavy (non-hydrogen) atoms. The highest BCUT2D eigenvalue weighted by atomic mass is 16.5. The van der Waals surface area contributed by atoms with Crippen LogP contribution in [0, 0.1) is 11.3 Å². The number of methoxy groups -OCH3 is 1. The molecule has 0 saturated heterocycles. The quantitative estimate of drug-likeness (QED) is 0.524. The lowest BCUT2D eigenvalue weighted by Gasteiger charge is -2.26. The number of hydrogen-bond acceptors (Lipinski definition) is 6. The standard InChI is InChI=1S/C24H18N2O4/c1-28-17-9-7-15(8-10-17)22-19-12-11-18(13-21(19)30-23(26)20(22)14-25)29-24(27)16-5-3-2-4-6-16/h2-13,22H,26H2,1H3/t22-/m1/s1. The van der Waals surface area contributed by atoms with Crippen LogP contribution in [0.5, 0.6) is 17.2 Å². The lowest BCUT2D eigenvalue weighted by Crippen LogP contribution is -2.21. The maximum Gasteiger partial charge on any atom is 0.343 e. The second-order valence-electron chi connectivity index (χ2n) is 6.65. The van der Waals surface area contributed by atoms with Gasteiger partial charge >= 0.3 is 5.97 Å². The molecule has 0 bridgehead atoms. The minimum atomic E-state index is -0.473. The molecule has 0 spiro atoms. The van der Waals surface area contributed by atoms with E-state index < -0.39 is 11.9 Å². The number of nitrogens with two attached hydrogens (primary N) is 1. The molecule has 0 aliphatic carbocycles. The van der Waals surface area contributed by atoms with Crippen molar-refractivity contribution in [2.75, 3.05) is 7.11 Å². The zero-order chi connectivity index (χ0) is 21.1. The van der Waals surface area contributed by atoms with Crippen LogP contribution < -0.4 is 19.9 Å². The predicted octanol–water partition coefficient (Wildman–Crippen LogP) is 4.13. The molecule has 1 atom stereocenters. The monoisotopic (exact) mass is 398 g/mol. The molecule has 0 radical (unpaired) electrons. The fourth-order valence-electron chi connectivity index (χ4n) is 3.38. The fraction of sp³-hybridized carbons (Fsp3) is 0.0833. The number of benzene rings is 3. The third-order valence-corrected chi connectivity index (χ3v) is 4.86. The van der Waals surface area contributed by atoms with E-state index in [9.17, 15) is 10.1 Å². The van der Waals surface area contributed by atoms with Gasteiger partial charge in [-0.3, -0.25) is 0 Å². The third-order valence-electron chi connectivity index (χ3n) is 4.86. The van der Waals surface area contributed by atoms with Crippen molar-refractivity contribution in [3.8, 4) is 23.3 Å². The van der Waals surface area contributed by atoms with Crippen molar-refractivity contribution in [3.05, 3.63) is 101 Å². The van der Waals surface area contributed by atoms with Gasteiger partial charge in [0.2, 0.25) is 5.88 Å². The third kappa shape index (κ3) is 3.56. The Morgan fingerprint density at radius 3 is 2.40 bits per heavy atom. The van der Waals surface area contributed by atoms with E-state index in [1.54, 1.807) is 49.6 Å². The topological polar surface area (TPSA) is 94.6 Å². The summed E-state index contributed by atoms with van der Waals surface area (Å²) in [6.07, 6.45) is 0. The van der Waals surface area contributed by atoms with Crippen LogP contribution in [0.2, 0.25) is 0 Å². The zero-order valence-electron chi connectivity index (χ0n) is 16.2. The molecule has 3 aromatic carbocycles. The van der Waals surface area contributed by atoms with Gasteiger partial charge in [0.05, 0.1) is 18.6 Å². The maximum atomic E-state index is 12.3. The van der Waals surface area contributed by atoms with E-state index in [4.69, 9.17) is 19.9 Å². The summed E-state index contributed by atoms with van der Waals surface area (Å²) in [5.74, 6) is 0.625. The van der Waals surface area contributed by atoms with Crippen molar-refractivity contribution >= 4 is 5.97 Å². The minimum absolute atomic E-state index is 0.0253. The van der Waals surface area contributed by atoms with Gasteiger partial charge < -0.3 is 19.9 Å². The minimum Gasteiger partial charge on any atom is -0.497 e. The first-order valence-corrected chi connectivity index (χ1v) is 9.23. The van der Waals surface area contributed by atoms with Gasteiger partial charge in [-0.2, -0.15) is 5.26 Å². The SMILES string of the molecule is COc1ccc([C@H]2C(C#N)=C(N)Oc3cc(OC(=O)c4ccccc4)ccc32)cc1. The number of allylic oxidation sites excluding steroid dienone is 1. The normalized spacial score (nSPS) is 14.9. The molecular formula is C24H18N2O4. The van der Waals surface area contributed by atoms with E-state index in [-0.39, 0.29) is 5.88 Å². The van der Waals surface area contributed by atoms with Crippen molar-refractivity contribution in [2.24, 2.45) is 5.73 Å². The number of fused-ring (bicyclic) bond motifs is 1. The first-order valence-electron chi connectivity index (χ1n) is 9.23. The lowest BCUT2D eigenvalue weighted by atomic mass is 9.83. The molecule has 6 nitrogen and oxygen atoms in total. The molecule has 0 unspecified atom stereocenters. The number of ether oxygens (including phenoxy) is 3. The molecule has 0 saturated carbocycles. The molecule has 3 aromatic rings. The van der Waals surface area contributed by atoms with Crippen LogP contribution >= 0.6 is 0 Å². The van der Waals surface area contributed by atoms with Crippen molar-refractivity contribution in [1.29, 1.82) is 5.26 Å². The van der Waals surface area contributed by atoms with E-state index >= 15 is 0 Å². The Bertz CT molecular complexity index is 1160. The summed E-state index contributed by atoms with van der Waals surface area (Å²) in [5, 5.41) is 9.66. The first kappa shape index (κ1) is 19.1. The summed E-state index contributed by atoms with van der Waals surface area (Å²) in [6, 6.07) is 23.3. The van der Waals surface area contributed by atoms with Gasteiger partial charge in [-0.1, -0.05) is 36.4 Å². The van der Waals surface area contributed by atoms with E-state index in [0.29, 0.717) is 28.4 Å². The smallest absolute Gasteiger partial charge is 0.343 e. The van der Waals surface area contributed by atoms with Crippen LogP contribution in [-0.2, 0) is 0 Å². The number of hydrogen-bond donors (Lipinski definition) is 1. The Kier molecular flexibility index (Phi) is 5.10. The fourth-order valence-corrected chi connectivity index (χ4v) is 3.38. The molecule has 0 fully saturated rings. The van der Waals surface area contributed by atoms with Crippen LogP contribution in [0.1, 0.15) is 27.4 Å². The Labute approximate surface area is 173 Å². The molecule has 2 N–H and O–H groups in total. The Morgan fingerprint density at radius 1 is 1.03 bits per heavy atom. The number of carbonyl (C=O) groups is 1. The molecule has 1 heterocycles. The zero-order valence-corrected chi connectivity index (χ0v) is 16.2. The summed E-state index contributed by atoms with van der Waals surface area (Å²) in [6.45, 7) is 0. The van der Waals surface area contributed by atoms with Crippen molar-refractivity contribution in [3.63, 3.8) is 0 Å². The van der Waals surface area contributed by atoms with Crippen LogP contribution in [-0.4, -0.2) is 13.1 Å². The summed E-state index contributed by atoms with van der Waals surface area (Å²) < 4.78 is 16.4. The van der Waals surface area contributed by atoms with Gasteiger partial charge in [-0.05, 0) is 35.9 Å². The highest BCUT2D eigenvalue weighted by molar-refractivity contribution is 5.91. The number of esters is 1. The van der Waals surface area contributed by atoms with Gasteiger partial charge in [0.1, 0.15) is 28.9 Å². The van der Waals surface area contributed by atoms with Crippen molar-refractivity contribution < 1.29 is 19.0 Å². The summed E-state index contributed by atoms with van der Waals surface area (Å²) >= 11 is 0.